The third-order valence-electron chi connectivity index (χ3n) is 3.79. The summed E-state index contributed by atoms with van der Waals surface area (Å²) in [6, 6.07) is 8.44. The molecule has 0 aromatic heterocycles. The van der Waals surface area contributed by atoms with Gasteiger partial charge in [-0.25, -0.2) is 5.43 Å². The van der Waals surface area contributed by atoms with Crippen LogP contribution in [0.1, 0.15) is 36.5 Å². The van der Waals surface area contributed by atoms with Gasteiger partial charge in [-0.1, -0.05) is 43.1 Å². The fourth-order valence-corrected chi connectivity index (χ4v) is 2.83. The van der Waals surface area contributed by atoms with Crippen LogP contribution < -0.4 is 10.2 Å². The highest BCUT2D eigenvalue weighted by atomic mass is 35.5. The molecule has 0 bridgehead atoms. The molecule has 0 aliphatic rings. The first kappa shape index (κ1) is 20.9. The Kier molecular flexibility index (Phi) is 7.33. The largest absolute Gasteiger partial charge is 0.483 e. The molecule has 0 saturated carbocycles. The van der Waals surface area contributed by atoms with Crippen molar-refractivity contribution in [2.45, 2.75) is 26.7 Å². The fourth-order valence-electron chi connectivity index (χ4n) is 2.34. The number of aryl methyl sites for hydroxylation is 1. The zero-order chi connectivity index (χ0) is 20.0. The Morgan fingerprint density at radius 3 is 2.52 bits per heavy atom. The first-order valence-corrected chi connectivity index (χ1v) is 8.95. The summed E-state index contributed by atoms with van der Waals surface area (Å²) in [7, 11) is 0. The predicted octanol–water partition coefficient (Wildman–Crippen LogP) is 5.35. The number of nitrogens with one attached hydrogen (secondary N) is 1. The number of amides is 1. The molecular weight excluding hydrogens is 389 g/mol. The molecule has 2 aromatic rings. The van der Waals surface area contributed by atoms with Crippen LogP contribution in [-0.2, 0) is 4.79 Å². The molecule has 27 heavy (non-hydrogen) atoms. The first-order chi connectivity index (χ1) is 12.8. The highest BCUT2D eigenvalue weighted by molar-refractivity contribution is 6.38. The average Bonchev–Trinajstić information content (AvgIpc) is 2.62. The van der Waals surface area contributed by atoms with E-state index in [1.165, 1.54) is 6.21 Å². The molecule has 0 spiro atoms. The maximum absolute atomic E-state index is 12.0. The summed E-state index contributed by atoms with van der Waals surface area (Å²) in [6.45, 7) is 5.44. The third kappa shape index (κ3) is 5.52. The van der Waals surface area contributed by atoms with Crippen molar-refractivity contribution < 1.29 is 9.53 Å². The van der Waals surface area contributed by atoms with Crippen molar-refractivity contribution in [1.29, 1.82) is 0 Å². The van der Waals surface area contributed by atoms with Gasteiger partial charge in [0.1, 0.15) is 11.4 Å². The summed E-state index contributed by atoms with van der Waals surface area (Å²) in [6.07, 6.45) is 1.37. The van der Waals surface area contributed by atoms with Gasteiger partial charge < -0.3 is 4.74 Å². The van der Waals surface area contributed by atoms with Gasteiger partial charge in [0.2, 0.25) is 0 Å². The lowest BCUT2D eigenvalue weighted by Gasteiger charge is -2.15. The Morgan fingerprint density at radius 2 is 1.93 bits per heavy atom. The van der Waals surface area contributed by atoms with Gasteiger partial charge in [0.15, 0.2) is 6.61 Å². The third-order valence-corrected chi connectivity index (χ3v) is 4.45. The minimum atomic E-state index is -0.445. The number of benzene rings is 2. The van der Waals surface area contributed by atoms with Crippen LogP contribution in [0.3, 0.4) is 0 Å². The maximum Gasteiger partial charge on any atom is 0.277 e. The van der Waals surface area contributed by atoms with E-state index >= 15 is 0 Å². The van der Waals surface area contributed by atoms with Crippen LogP contribution in [0.25, 0.3) is 0 Å². The van der Waals surface area contributed by atoms with E-state index in [1.807, 2.05) is 13.8 Å². The molecule has 1 N–H and O–H groups in total. The van der Waals surface area contributed by atoms with Gasteiger partial charge >= 0.3 is 0 Å². The minimum Gasteiger partial charge on any atom is -0.483 e. The number of ether oxygens (including phenoxy) is 1. The molecule has 0 atom stereocenters. The molecule has 0 unspecified atom stereocenters. The van der Waals surface area contributed by atoms with E-state index in [0.29, 0.717) is 32.6 Å². The second kappa shape index (κ2) is 9.48. The van der Waals surface area contributed by atoms with Crippen LogP contribution in [0.2, 0.25) is 10.0 Å². The van der Waals surface area contributed by atoms with Crippen LogP contribution in [-0.4, -0.2) is 18.7 Å². The molecule has 2 aromatic carbocycles. The SMILES string of the molecule is Cc1cc(OCC(=O)N/N=C/c2c(Cl)cccc2Cl)c(C(C)C)cc1N=O. The Balaban J connectivity index is 2.02. The van der Waals surface area contributed by atoms with Crippen molar-refractivity contribution in [3.63, 3.8) is 0 Å². The lowest BCUT2D eigenvalue weighted by Crippen LogP contribution is -2.25. The van der Waals surface area contributed by atoms with Crippen molar-refractivity contribution in [3.05, 3.63) is 62.0 Å². The predicted molar refractivity (Wildman–Crippen MR) is 108 cm³/mol. The van der Waals surface area contributed by atoms with Gasteiger partial charge in [0, 0.05) is 5.56 Å². The molecule has 2 rings (SSSR count). The zero-order valence-corrected chi connectivity index (χ0v) is 16.6. The zero-order valence-electron chi connectivity index (χ0n) is 15.1. The molecule has 0 fully saturated rings. The summed E-state index contributed by atoms with van der Waals surface area (Å²) in [5.74, 6) is 0.187. The minimum absolute atomic E-state index is 0.101. The standard InChI is InChI=1S/C19H19Cl2N3O3/c1-11(2)13-8-17(24-26)12(3)7-18(13)27-10-19(25)23-22-9-14-15(20)5-4-6-16(14)21/h4-9,11H,10H2,1-3H3,(H,23,25)/b22-9+. The Bertz CT molecular complexity index is 862. The summed E-state index contributed by atoms with van der Waals surface area (Å²) in [4.78, 5) is 22.9. The Labute approximate surface area is 167 Å². The Hall–Kier alpha value is -2.44. The van der Waals surface area contributed by atoms with E-state index in [9.17, 15) is 9.70 Å². The number of halogens is 2. The van der Waals surface area contributed by atoms with Gasteiger partial charge in [-0.2, -0.15) is 5.10 Å². The van der Waals surface area contributed by atoms with Gasteiger partial charge in [-0.3, -0.25) is 4.79 Å². The van der Waals surface area contributed by atoms with Crippen LogP contribution >= 0.6 is 23.2 Å². The smallest absolute Gasteiger partial charge is 0.277 e. The summed E-state index contributed by atoms with van der Waals surface area (Å²) in [5, 5.41) is 7.71. The Morgan fingerprint density at radius 1 is 1.26 bits per heavy atom. The number of hydrogen-bond acceptors (Lipinski definition) is 5. The van der Waals surface area contributed by atoms with Crippen molar-refractivity contribution in [3.8, 4) is 5.75 Å². The van der Waals surface area contributed by atoms with Crippen LogP contribution in [0.15, 0.2) is 40.6 Å². The van der Waals surface area contributed by atoms with E-state index in [2.05, 4.69) is 15.7 Å². The number of nitrogens with zero attached hydrogens (tertiary/aromatic N) is 2. The number of hydrazone groups is 1. The van der Waals surface area contributed by atoms with Gasteiger partial charge in [-0.05, 0) is 53.4 Å². The van der Waals surface area contributed by atoms with E-state index in [1.54, 1.807) is 37.3 Å². The highest BCUT2D eigenvalue weighted by Crippen LogP contribution is 2.33. The van der Waals surface area contributed by atoms with Crippen molar-refractivity contribution in [2.24, 2.45) is 10.3 Å². The molecule has 0 radical (unpaired) electrons. The summed E-state index contributed by atoms with van der Waals surface area (Å²) >= 11 is 12.1. The van der Waals surface area contributed by atoms with E-state index < -0.39 is 5.91 Å². The maximum atomic E-state index is 12.0. The van der Waals surface area contributed by atoms with Crippen molar-refractivity contribution in [1.82, 2.24) is 5.43 Å². The molecular formula is C19H19Cl2N3O3. The normalized spacial score (nSPS) is 11.0. The van der Waals surface area contributed by atoms with E-state index in [0.717, 1.165) is 5.56 Å². The topological polar surface area (TPSA) is 80.1 Å². The second-order valence-corrected chi connectivity index (χ2v) is 6.95. The molecule has 8 heteroatoms. The summed E-state index contributed by atoms with van der Waals surface area (Å²) < 4.78 is 5.61. The number of rotatable bonds is 7. The van der Waals surface area contributed by atoms with Gasteiger partial charge in [0.05, 0.1) is 16.3 Å². The lowest BCUT2D eigenvalue weighted by atomic mass is 9.99. The lowest BCUT2D eigenvalue weighted by molar-refractivity contribution is -0.123. The molecule has 6 nitrogen and oxygen atoms in total. The number of carbonyl (C=O) groups excluding carboxylic acids is 1. The fraction of sp³-hybridized carbons (Fsp3) is 0.263. The van der Waals surface area contributed by atoms with Gasteiger partial charge in [0.25, 0.3) is 5.91 Å². The van der Waals surface area contributed by atoms with Crippen molar-refractivity contribution >= 4 is 41.0 Å². The number of nitroso groups, excluding NO2 is 1. The van der Waals surface area contributed by atoms with E-state index in [4.69, 9.17) is 27.9 Å². The second-order valence-electron chi connectivity index (χ2n) is 6.14. The van der Waals surface area contributed by atoms with Crippen LogP contribution in [0.4, 0.5) is 5.69 Å². The first-order valence-electron chi connectivity index (χ1n) is 8.20. The molecule has 1 amide bonds. The number of carbonyl (C=O) groups is 1. The number of hydrogen-bond donors (Lipinski definition) is 1. The monoisotopic (exact) mass is 407 g/mol. The molecule has 0 heterocycles. The molecule has 0 aliphatic heterocycles. The quantitative estimate of drug-likeness (QED) is 0.381. The van der Waals surface area contributed by atoms with E-state index in [-0.39, 0.29) is 12.5 Å². The highest BCUT2D eigenvalue weighted by Gasteiger charge is 2.13. The summed E-state index contributed by atoms with van der Waals surface area (Å²) in [5.41, 5.74) is 4.71. The average molecular weight is 408 g/mol. The molecule has 142 valence electrons. The molecule has 0 saturated heterocycles. The van der Waals surface area contributed by atoms with Gasteiger partial charge in [-0.15, -0.1) is 4.91 Å². The van der Waals surface area contributed by atoms with Crippen LogP contribution in [0, 0.1) is 11.8 Å². The van der Waals surface area contributed by atoms with Crippen LogP contribution in [0.5, 0.6) is 5.75 Å². The van der Waals surface area contributed by atoms with Crippen molar-refractivity contribution in [2.75, 3.05) is 6.61 Å². The molecule has 0 aliphatic carbocycles.